The summed E-state index contributed by atoms with van der Waals surface area (Å²) in [7, 11) is 0. The fourth-order valence-electron chi connectivity index (χ4n) is 2.28. The van der Waals surface area contributed by atoms with Gasteiger partial charge in [-0.2, -0.15) is 0 Å². The van der Waals surface area contributed by atoms with Gasteiger partial charge in [-0.3, -0.25) is 0 Å². The van der Waals surface area contributed by atoms with Crippen LogP contribution in [0.15, 0.2) is 46.9 Å². The molecule has 0 amide bonds. The second-order valence-electron chi connectivity index (χ2n) is 5.34. The zero-order valence-corrected chi connectivity index (χ0v) is 14.8. The van der Waals surface area contributed by atoms with Crippen molar-refractivity contribution in [1.82, 2.24) is 0 Å². The monoisotopic (exact) mass is 365 g/mol. The average molecular weight is 367 g/mol. The third-order valence-electron chi connectivity index (χ3n) is 3.60. The van der Waals surface area contributed by atoms with Gasteiger partial charge in [-0.25, -0.2) is 0 Å². The van der Waals surface area contributed by atoms with E-state index in [-0.39, 0.29) is 6.04 Å². The molecule has 0 radical (unpaired) electrons. The van der Waals surface area contributed by atoms with E-state index in [1.807, 2.05) is 18.2 Å². The van der Waals surface area contributed by atoms with Crippen LogP contribution in [-0.2, 0) is 6.42 Å². The molecule has 0 aromatic heterocycles. The molecular weight excluding hydrogens is 346 g/mol. The summed E-state index contributed by atoms with van der Waals surface area (Å²) in [6.45, 7) is 4.39. The van der Waals surface area contributed by atoms with E-state index in [9.17, 15) is 0 Å². The molecule has 0 spiro atoms. The second-order valence-corrected chi connectivity index (χ2v) is 6.63. The van der Waals surface area contributed by atoms with Gasteiger partial charge in [0, 0.05) is 15.5 Å². The van der Waals surface area contributed by atoms with Crippen LogP contribution in [-0.4, -0.2) is 0 Å². The van der Waals surface area contributed by atoms with Crippen molar-refractivity contribution in [3.8, 4) is 0 Å². The van der Waals surface area contributed by atoms with Gasteiger partial charge >= 0.3 is 0 Å². The Balaban J connectivity index is 2.05. The topological polar surface area (TPSA) is 12.0 Å². The molecule has 2 aromatic carbocycles. The van der Waals surface area contributed by atoms with Gasteiger partial charge in [0.25, 0.3) is 0 Å². The Labute approximate surface area is 140 Å². The normalized spacial score (nSPS) is 12.2. The van der Waals surface area contributed by atoms with Crippen molar-refractivity contribution in [3.05, 3.63) is 63.1 Å². The molecule has 0 aliphatic heterocycles. The van der Waals surface area contributed by atoms with E-state index < -0.39 is 0 Å². The fraction of sp³-hybridized carbons (Fsp3) is 0.333. The lowest BCUT2D eigenvalue weighted by molar-refractivity contribution is 0.793. The summed E-state index contributed by atoms with van der Waals surface area (Å²) in [6, 6.07) is 14.9. The Morgan fingerprint density at radius 3 is 2.52 bits per heavy atom. The first-order valence-corrected chi connectivity index (χ1v) is 8.57. The Morgan fingerprint density at radius 1 is 1.14 bits per heavy atom. The quantitative estimate of drug-likeness (QED) is 0.606. The molecule has 1 nitrogen and oxygen atoms in total. The minimum absolute atomic E-state index is 0.236. The van der Waals surface area contributed by atoms with E-state index in [0.717, 1.165) is 15.2 Å². The smallest absolute Gasteiger partial charge is 0.0504 e. The zero-order valence-electron chi connectivity index (χ0n) is 12.5. The average Bonchev–Trinajstić information content (AvgIpc) is 2.49. The number of unbranched alkanes of at least 4 members (excludes halogenated alkanes) is 1. The van der Waals surface area contributed by atoms with Gasteiger partial charge in [0.2, 0.25) is 0 Å². The van der Waals surface area contributed by atoms with Crippen LogP contribution in [0.5, 0.6) is 0 Å². The Kier molecular flexibility index (Phi) is 6.13. The summed E-state index contributed by atoms with van der Waals surface area (Å²) in [5.74, 6) is 0. The highest BCUT2D eigenvalue weighted by atomic mass is 79.9. The molecule has 0 aliphatic rings. The summed E-state index contributed by atoms with van der Waals surface area (Å²) in [5.41, 5.74) is 3.71. The molecule has 0 fully saturated rings. The van der Waals surface area contributed by atoms with Crippen LogP contribution in [0.4, 0.5) is 5.69 Å². The van der Waals surface area contributed by atoms with E-state index >= 15 is 0 Å². The number of aryl methyl sites for hydroxylation is 1. The standard InChI is InChI=1S/C18H21BrClN/c1-3-4-5-14-6-8-15(9-7-14)13(2)21-18-12-16(20)10-11-17(18)19/h6-13,21H,3-5H2,1-2H3. The molecule has 21 heavy (non-hydrogen) atoms. The van der Waals surface area contributed by atoms with Crippen molar-refractivity contribution in [2.45, 2.75) is 39.2 Å². The number of nitrogens with one attached hydrogen (secondary N) is 1. The molecule has 0 heterocycles. The maximum atomic E-state index is 6.05. The van der Waals surface area contributed by atoms with Crippen molar-refractivity contribution >= 4 is 33.2 Å². The van der Waals surface area contributed by atoms with Crippen molar-refractivity contribution < 1.29 is 0 Å². The first-order valence-electron chi connectivity index (χ1n) is 7.40. The molecule has 0 bridgehead atoms. The largest absolute Gasteiger partial charge is 0.378 e. The SMILES string of the molecule is CCCCc1ccc(C(C)Nc2cc(Cl)ccc2Br)cc1. The molecule has 0 saturated heterocycles. The van der Waals surface area contributed by atoms with Crippen LogP contribution >= 0.6 is 27.5 Å². The molecule has 2 rings (SSSR count). The molecule has 1 N–H and O–H groups in total. The van der Waals surface area contributed by atoms with Crippen molar-refractivity contribution in [1.29, 1.82) is 0 Å². The third-order valence-corrected chi connectivity index (χ3v) is 4.53. The molecular formula is C18H21BrClN. The third kappa shape index (κ3) is 4.76. The number of benzene rings is 2. The van der Waals surface area contributed by atoms with Crippen LogP contribution in [0, 0.1) is 0 Å². The summed E-state index contributed by atoms with van der Waals surface area (Å²) in [4.78, 5) is 0. The highest BCUT2D eigenvalue weighted by Gasteiger charge is 2.08. The molecule has 0 aliphatic carbocycles. The first kappa shape index (κ1) is 16.4. The lowest BCUT2D eigenvalue weighted by Gasteiger charge is -2.17. The Bertz CT molecular complexity index is 580. The number of rotatable bonds is 6. The van der Waals surface area contributed by atoms with E-state index in [1.165, 1.54) is 30.4 Å². The molecule has 2 aromatic rings. The van der Waals surface area contributed by atoms with Gasteiger partial charge in [-0.05, 0) is 65.0 Å². The Morgan fingerprint density at radius 2 is 1.86 bits per heavy atom. The van der Waals surface area contributed by atoms with Crippen molar-refractivity contribution in [2.24, 2.45) is 0 Å². The zero-order chi connectivity index (χ0) is 15.2. The number of anilines is 1. The van der Waals surface area contributed by atoms with Crippen LogP contribution in [0.1, 0.15) is 43.9 Å². The van der Waals surface area contributed by atoms with E-state index in [0.29, 0.717) is 0 Å². The van der Waals surface area contributed by atoms with Crippen LogP contribution in [0.25, 0.3) is 0 Å². The van der Waals surface area contributed by atoms with Gasteiger partial charge in [0.1, 0.15) is 0 Å². The van der Waals surface area contributed by atoms with Gasteiger partial charge in [-0.15, -0.1) is 0 Å². The maximum absolute atomic E-state index is 6.05. The minimum Gasteiger partial charge on any atom is -0.378 e. The maximum Gasteiger partial charge on any atom is 0.0504 e. The van der Waals surface area contributed by atoms with E-state index in [1.54, 1.807) is 0 Å². The van der Waals surface area contributed by atoms with Crippen LogP contribution in [0.2, 0.25) is 5.02 Å². The van der Waals surface area contributed by atoms with Crippen LogP contribution < -0.4 is 5.32 Å². The van der Waals surface area contributed by atoms with Gasteiger partial charge in [0.05, 0.1) is 5.69 Å². The van der Waals surface area contributed by atoms with Crippen molar-refractivity contribution in [3.63, 3.8) is 0 Å². The molecule has 112 valence electrons. The minimum atomic E-state index is 0.236. The molecule has 1 unspecified atom stereocenters. The second kappa shape index (κ2) is 7.86. The van der Waals surface area contributed by atoms with E-state index in [2.05, 4.69) is 59.4 Å². The predicted octanol–water partition coefficient (Wildman–Crippen LogP) is 6.62. The fourth-order valence-corrected chi connectivity index (χ4v) is 2.81. The lowest BCUT2D eigenvalue weighted by Crippen LogP contribution is -2.07. The van der Waals surface area contributed by atoms with Gasteiger partial charge in [0.15, 0.2) is 0 Å². The number of halogens is 2. The van der Waals surface area contributed by atoms with Gasteiger partial charge in [-0.1, -0.05) is 49.2 Å². The predicted molar refractivity (Wildman–Crippen MR) is 96.2 cm³/mol. The summed E-state index contributed by atoms with van der Waals surface area (Å²) < 4.78 is 1.03. The highest BCUT2D eigenvalue weighted by molar-refractivity contribution is 9.10. The molecule has 1 atom stereocenters. The molecule has 0 saturated carbocycles. The lowest BCUT2D eigenvalue weighted by atomic mass is 10.0. The number of hydrogen-bond acceptors (Lipinski definition) is 1. The summed E-state index contributed by atoms with van der Waals surface area (Å²) in [6.07, 6.45) is 3.66. The highest BCUT2D eigenvalue weighted by Crippen LogP contribution is 2.29. The molecule has 3 heteroatoms. The first-order chi connectivity index (χ1) is 10.1. The van der Waals surface area contributed by atoms with Crippen molar-refractivity contribution in [2.75, 3.05) is 5.32 Å². The van der Waals surface area contributed by atoms with Crippen LogP contribution in [0.3, 0.4) is 0 Å². The number of hydrogen-bond donors (Lipinski definition) is 1. The van der Waals surface area contributed by atoms with Gasteiger partial charge < -0.3 is 5.32 Å². The summed E-state index contributed by atoms with van der Waals surface area (Å²) >= 11 is 9.61. The summed E-state index contributed by atoms with van der Waals surface area (Å²) in [5, 5.41) is 4.24. The Hall–Kier alpha value is -0.990. The van der Waals surface area contributed by atoms with E-state index in [4.69, 9.17) is 11.6 Å².